The van der Waals surface area contributed by atoms with Gasteiger partial charge in [-0.1, -0.05) is 12.7 Å². The van der Waals surface area contributed by atoms with E-state index in [0.29, 0.717) is 24.8 Å². The third-order valence-corrected chi connectivity index (χ3v) is 10.0. The van der Waals surface area contributed by atoms with E-state index < -0.39 is 72.1 Å². The van der Waals surface area contributed by atoms with Crippen LogP contribution < -0.4 is 0 Å². The minimum atomic E-state index is -3.94. The second kappa shape index (κ2) is 6.71. The summed E-state index contributed by atoms with van der Waals surface area (Å²) in [6, 6.07) is 0. The van der Waals surface area contributed by atoms with Crippen LogP contribution in [0.4, 0.5) is 0 Å². The molecule has 10 nitrogen and oxygen atoms in total. The largest absolute Gasteiger partial charge is 0.469 e. The van der Waals surface area contributed by atoms with Gasteiger partial charge in [0.1, 0.15) is 22.7 Å². The number of esters is 2. The molecule has 5 rings (SSSR count). The van der Waals surface area contributed by atoms with Gasteiger partial charge in [0, 0.05) is 11.8 Å². The molecule has 1 aliphatic heterocycles. The zero-order valence-corrected chi connectivity index (χ0v) is 21.0. The molecule has 0 radical (unpaired) electrons. The molecule has 0 aromatic carbocycles. The van der Waals surface area contributed by atoms with Crippen molar-refractivity contribution in [2.24, 2.45) is 28.6 Å². The normalized spacial score (nSPS) is 46.7. The van der Waals surface area contributed by atoms with Gasteiger partial charge in [0.2, 0.25) is 0 Å². The Hall–Kier alpha value is -1.76. The monoisotopic (exact) mass is 516 g/mol. The standard InChI is InChI=1S/C22H28O10S2/c1-12-10-20-11-21(12,32-34(5,27)28)8-6-13(20)22-9-7-14(31-33(4,25)26)19(2,18(24)30-22)16(22)15(20)17(23)29-3/h7,9,13-16H,1,6,8,10-11H2,2-5H3/t13-,14+,15-,16-,19-,20+,21+,22-/m1/s1. The number of carbonyl (C=O) groups is 2. The molecule has 3 saturated carbocycles. The SMILES string of the molecule is C=C1C[C@]23C[C@@]1(OS(C)(=O)=O)CC[C@H]2[C@@]12C=C[C@H](OS(C)(=O)=O)[C@@](C)(C(=O)O1)[C@H]2[C@@H]3C(=O)OC. The first-order valence-electron chi connectivity index (χ1n) is 11.0. The minimum absolute atomic E-state index is 0.202. The fourth-order valence-corrected chi connectivity index (χ4v) is 9.42. The molecule has 0 unspecified atom stereocenters. The average molecular weight is 517 g/mol. The predicted octanol–water partition coefficient (Wildman–Crippen LogP) is 1.08. The van der Waals surface area contributed by atoms with Crippen molar-refractivity contribution in [1.29, 1.82) is 0 Å². The van der Waals surface area contributed by atoms with Gasteiger partial charge in [0.25, 0.3) is 20.2 Å². The maximum atomic E-state index is 13.4. The highest BCUT2D eigenvalue weighted by Crippen LogP contribution is 2.78. The number of hydrogen-bond donors (Lipinski definition) is 0. The zero-order valence-electron chi connectivity index (χ0n) is 19.4. The molecule has 188 valence electrons. The highest BCUT2D eigenvalue weighted by atomic mass is 32.2. The summed E-state index contributed by atoms with van der Waals surface area (Å²) in [5.41, 5.74) is -4.08. The van der Waals surface area contributed by atoms with Crippen LogP contribution in [0.25, 0.3) is 0 Å². The molecule has 4 fully saturated rings. The second-order valence-corrected chi connectivity index (χ2v) is 13.8. The quantitative estimate of drug-likeness (QED) is 0.296. The van der Waals surface area contributed by atoms with Crippen LogP contribution in [0.5, 0.6) is 0 Å². The molecule has 0 amide bonds. The Morgan fingerprint density at radius 3 is 2.47 bits per heavy atom. The third-order valence-electron chi connectivity index (χ3n) is 8.84. The lowest BCUT2D eigenvalue weighted by molar-refractivity contribution is -0.163. The molecule has 12 heteroatoms. The number of rotatable bonds is 5. The summed E-state index contributed by atoms with van der Waals surface area (Å²) in [7, 11) is -6.51. The fraction of sp³-hybridized carbons (Fsp3) is 0.727. The number of hydrogen-bond acceptors (Lipinski definition) is 10. The van der Waals surface area contributed by atoms with E-state index in [9.17, 15) is 26.4 Å². The van der Waals surface area contributed by atoms with Crippen molar-refractivity contribution >= 4 is 32.2 Å². The minimum Gasteiger partial charge on any atom is -0.469 e. The molecule has 0 aromatic heterocycles. The van der Waals surface area contributed by atoms with Gasteiger partial charge in [0.15, 0.2) is 0 Å². The Bertz CT molecular complexity index is 1250. The lowest BCUT2D eigenvalue weighted by Crippen LogP contribution is -2.52. The first-order chi connectivity index (χ1) is 15.5. The van der Waals surface area contributed by atoms with Gasteiger partial charge < -0.3 is 9.47 Å². The van der Waals surface area contributed by atoms with Crippen LogP contribution in [-0.4, -0.2) is 65.7 Å². The van der Waals surface area contributed by atoms with Crippen molar-refractivity contribution in [3.05, 3.63) is 24.3 Å². The van der Waals surface area contributed by atoms with Crippen molar-refractivity contribution < 1.29 is 44.3 Å². The van der Waals surface area contributed by atoms with Crippen molar-refractivity contribution in [1.82, 2.24) is 0 Å². The van der Waals surface area contributed by atoms with Crippen LogP contribution in [0.3, 0.4) is 0 Å². The van der Waals surface area contributed by atoms with Gasteiger partial charge >= 0.3 is 11.9 Å². The van der Waals surface area contributed by atoms with Gasteiger partial charge in [-0.25, -0.2) is 0 Å². The predicted molar refractivity (Wildman–Crippen MR) is 117 cm³/mol. The van der Waals surface area contributed by atoms with Crippen LogP contribution in [0.1, 0.15) is 32.6 Å². The van der Waals surface area contributed by atoms with Gasteiger partial charge in [-0.05, 0) is 49.7 Å². The van der Waals surface area contributed by atoms with Crippen LogP contribution in [-0.2, 0) is 47.7 Å². The summed E-state index contributed by atoms with van der Waals surface area (Å²) in [5.74, 6) is -3.22. The Morgan fingerprint density at radius 2 is 1.88 bits per heavy atom. The molecular weight excluding hydrogens is 488 g/mol. The van der Waals surface area contributed by atoms with Crippen molar-refractivity contribution in [2.45, 2.75) is 49.9 Å². The topological polar surface area (TPSA) is 139 Å². The second-order valence-electron chi connectivity index (χ2n) is 10.6. The molecule has 8 atom stereocenters. The summed E-state index contributed by atoms with van der Waals surface area (Å²) >= 11 is 0. The first kappa shape index (κ1) is 24.0. The molecule has 0 N–H and O–H groups in total. The fourth-order valence-electron chi connectivity index (χ4n) is 7.94. The van der Waals surface area contributed by atoms with Crippen molar-refractivity contribution in [2.75, 3.05) is 19.6 Å². The molecule has 1 saturated heterocycles. The number of carbonyl (C=O) groups excluding carboxylic acids is 2. The Labute approximate surface area is 198 Å². The Morgan fingerprint density at radius 1 is 1.21 bits per heavy atom. The van der Waals surface area contributed by atoms with E-state index in [1.54, 1.807) is 13.0 Å². The molecule has 1 spiro atoms. The van der Waals surface area contributed by atoms with Crippen molar-refractivity contribution in [3.8, 4) is 0 Å². The highest BCUT2D eigenvalue weighted by Gasteiger charge is 2.84. The van der Waals surface area contributed by atoms with E-state index in [2.05, 4.69) is 6.58 Å². The molecular formula is C22H28O10S2. The van der Waals surface area contributed by atoms with E-state index in [1.807, 2.05) is 0 Å². The number of methoxy groups -OCH3 is 1. The van der Waals surface area contributed by atoms with Gasteiger partial charge in [-0.15, -0.1) is 0 Å². The Kier molecular flexibility index (Phi) is 4.73. The van der Waals surface area contributed by atoms with Gasteiger partial charge in [-0.3, -0.25) is 18.0 Å². The third kappa shape index (κ3) is 2.85. The lowest BCUT2D eigenvalue weighted by Gasteiger charge is -2.45. The van der Waals surface area contributed by atoms with Crippen LogP contribution in [0, 0.1) is 28.6 Å². The molecule has 5 aliphatic rings. The number of fused-ring (bicyclic) bond motifs is 1. The van der Waals surface area contributed by atoms with E-state index in [1.165, 1.54) is 13.2 Å². The molecule has 1 heterocycles. The molecule has 4 bridgehead atoms. The summed E-state index contributed by atoms with van der Waals surface area (Å²) in [6.07, 6.45) is 5.17. The van der Waals surface area contributed by atoms with E-state index in [-0.39, 0.29) is 12.3 Å². The maximum Gasteiger partial charge on any atom is 0.316 e. The van der Waals surface area contributed by atoms with Crippen LogP contribution in [0.15, 0.2) is 24.3 Å². The lowest BCUT2D eigenvalue weighted by atomic mass is 9.61. The van der Waals surface area contributed by atoms with Crippen molar-refractivity contribution in [3.63, 3.8) is 0 Å². The molecule has 34 heavy (non-hydrogen) atoms. The first-order valence-corrected chi connectivity index (χ1v) is 14.7. The van der Waals surface area contributed by atoms with E-state index in [0.717, 1.165) is 12.5 Å². The average Bonchev–Trinajstić information content (AvgIpc) is 3.12. The summed E-state index contributed by atoms with van der Waals surface area (Å²) in [5, 5.41) is 0. The zero-order chi connectivity index (χ0) is 25.1. The maximum absolute atomic E-state index is 13.4. The molecule has 4 aliphatic carbocycles. The van der Waals surface area contributed by atoms with E-state index >= 15 is 0 Å². The van der Waals surface area contributed by atoms with E-state index in [4.69, 9.17) is 17.8 Å². The summed E-state index contributed by atoms with van der Waals surface area (Å²) in [6.45, 7) is 5.69. The van der Waals surface area contributed by atoms with Gasteiger partial charge in [0.05, 0.1) is 25.5 Å². The summed E-state index contributed by atoms with van der Waals surface area (Å²) < 4.78 is 70.4. The van der Waals surface area contributed by atoms with Gasteiger partial charge in [-0.2, -0.15) is 16.8 Å². The van der Waals surface area contributed by atoms with Crippen LogP contribution >= 0.6 is 0 Å². The Balaban J connectivity index is 1.70. The molecule has 0 aromatic rings. The number of ether oxygens (including phenoxy) is 2. The summed E-state index contributed by atoms with van der Waals surface area (Å²) in [4.78, 5) is 26.7. The van der Waals surface area contributed by atoms with Crippen LogP contribution in [0.2, 0.25) is 0 Å². The highest BCUT2D eigenvalue weighted by molar-refractivity contribution is 7.86. The smallest absolute Gasteiger partial charge is 0.316 e.